The lowest BCUT2D eigenvalue weighted by atomic mass is 10.2. The van der Waals surface area contributed by atoms with Crippen LogP contribution in [0.15, 0.2) is 4.99 Å². The van der Waals surface area contributed by atoms with Gasteiger partial charge in [-0.05, 0) is 26.2 Å². The third-order valence-electron chi connectivity index (χ3n) is 2.81. The molecule has 0 bridgehead atoms. The van der Waals surface area contributed by atoms with Gasteiger partial charge in [0, 0.05) is 26.1 Å². The molecular weight excluding hydrogens is 394 g/mol. The highest BCUT2D eigenvalue weighted by Crippen LogP contribution is 2.21. The maximum absolute atomic E-state index is 12.0. The zero-order valence-corrected chi connectivity index (χ0v) is 15.4. The van der Waals surface area contributed by atoms with Crippen LogP contribution in [0.25, 0.3) is 0 Å². The molecule has 0 aromatic heterocycles. The molecule has 0 aliphatic rings. The van der Waals surface area contributed by atoms with Crippen LogP contribution in [0.5, 0.6) is 0 Å². The van der Waals surface area contributed by atoms with Crippen LogP contribution in [0.4, 0.5) is 13.2 Å². The van der Waals surface area contributed by atoms with E-state index in [1.165, 1.54) is 19.3 Å². The molecule has 0 saturated heterocycles. The second-order valence-electron chi connectivity index (χ2n) is 4.82. The van der Waals surface area contributed by atoms with Gasteiger partial charge in [-0.1, -0.05) is 26.2 Å². The summed E-state index contributed by atoms with van der Waals surface area (Å²) in [4.78, 5) is 4.40. The highest BCUT2D eigenvalue weighted by atomic mass is 127. The third kappa shape index (κ3) is 17.7. The maximum atomic E-state index is 12.0. The SMILES string of the molecule is CCCCCCN=C(NCC)NCCCCC(F)(F)F.I. The van der Waals surface area contributed by atoms with Crippen LogP contribution < -0.4 is 10.6 Å². The van der Waals surface area contributed by atoms with Gasteiger partial charge < -0.3 is 10.6 Å². The first-order valence-electron chi connectivity index (χ1n) is 7.58. The van der Waals surface area contributed by atoms with E-state index < -0.39 is 12.6 Å². The van der Waals surface area contributed by atoms with E-state index in [9.17, 15) is 13.2 Å². The van der Waals surface area contributed by atoms with Crippen molar-refractivity contribution in [3.8, 4) is 0 Å². The molecule has 3 nitrogen and oxygen atoms in total. The van der Waals surface area contributed by atoms with Crippen molar-refractivity contribution in [2.75, 3.05) is 19.6 Å². The second kappa shape index (κ2) is 14.7. The lowest BCUT2D eigenvalue weighted by molar-refractivity contribution is -0.135. The average Bonchev–Trinajstić information content (AvgIpc) is 2.36. The van der Waals surface area contributed by atoms with Gasteiger partial charge in [-0.25, -0.2) is 0 Å². The summed E-state index contributed by atoms with van der Waals surface area (Å²) in [7, 11) is 0. The van der Waals surface area contributed by atoms with E-state index in [4.69, 9.17) is 0 Å². The van der Waals surface area contributed by atoms with Crippen molar-refractivity contribution in [3.63, 3.8) is 0 Å². The molecule has 0 saturated carbocycles. The van der Waals surface area contributed by atoms with Gasteiger partial charge in [0.05, 0.1) is 0 Å². The smallest absolute Gasteiger partial charge is 0.357 e. The molecule has 0 aromatic rings. The Kier molecular flexibility index (Phi) is 16.2. The number of nitrogens with zero attached hydrogens (tertiary/aromatic N) is 1. The van der Waals surface area contributed by atoms with E-state index >= 15 is 0 Å². The zero-order valence-electron chi connectivity index (χ0n) is 13.1. The standard InChI is InChI=1S/C14H28F3N3.HI/c1-3-5-6-8-11-19-13(18-4-2)20-12-9-7-10-14(15,16)17;/h3-12H2,1-2H3,(H2,18,19,20);1H. The van der Waals surface area contributed by atoms with Crippen LogP contribution in [0.3, 0.4) is 0 Å². The Bertz CT molecular complexity index is 258. The van der Waals surface area contributed by atoms with Gasteiger partial charge in [0.2, 0.25) is 0 Å². The fourth-order valence-electron chi connectivity index (χ4n) is 1.73. The number of alkyl halides is 3. The normalized spacial score (nSPS) is 12.0. The van der Waals surface area contributed by atoms with E-state index in [1.54, 1.807) is 0 Å². The monoisotopic (exact) mass is 423 g/mol. The van der Waals surface area contributed by atoms with Crippen LogP contribution >= 0.6 is 24.0 Å². The van der Waals surface area contributed by atoms with Gasteiger partial charge in [0.15, 0.2) is 5.96 Å². The molecule has 0 aliphatic heterocycles. The molecule has 0 atom stereocenters. The summed E-state index contributed by atoms with van der Waals surface area (Å²) in [5, 5.41) is 6.17. The van der Waals surface area contributed by atoms with Crippen molar-refractivity contribution in [2.24, 2.45) is 4.99 Å². The van der Waals surface area contributed by atoms with Crippen molar-refractivity contribution in [3.05, 3.63) is 0 Å². The zero-order chi connectivity index (χ0) is 15.3. The number of hydrogen-bond donors (Lipinski definition) is 2. The predicted molar refractivity (Wildman–Crippen MR) is 93.4 cm³/mol. The van der Waals surface area contributed by atoms with Gasteiger partial charge in [0.25, 0.3) is 0 Å². The molecule has 0 spiro atoms. The first-order valence-corrected chi connectivity index (χ1v) is 7.58. The molecule has 0 aromatic carbocycles. The number of nitrogens with one attached hydrogen (secondary N) is 2. The fourth-order valence-corrected chi connectivity index (χ4v) is 1.73. The lowest BCUT2D eigenvalue weighted by Crippen LogP contribution is -2.37. The summed E-state index contributed by atoms with van der Waals surface area (Å²) >= 11 is 0. The number of hydrogen-bond acceptors (Lipinski definition) is 1. The molecule has 2 N–H and O–H groups in total. The number of guanidine groups is 1. The quantitative estimate of drug-likeness (QED) is 0.236. The van der Waals surface area contributed by atoms with Crippen LogP contribution in [-0.2, 0) is 0 Å². The summed E-state index contributed by atoms with van der Waals surface area (Å²) in [6.07, 6.45) is 0.547. The van der Waals surface area contributed by atoms with Gasteiger partial charge >= 0.3 is 6.18 Å². The van der Waals surface area contributed by atoms with E-state index in [0.717, 1.165) is 19.5 Å². The highest BCUT2D eigenvalue weighted by Gasteiger charge is 2.25. The molecule has 128 valence electrons. The summed E-state index contributed by atoms with van der Waals surface area (Å²) in [6, 6.07) is 0. The largest absolute Gasteiger partial charge is 0.389 e. The number of rotatable bonds is 10. The van der Waals surface area contributed by atoms with Gasteiger partial charge in [-0.2, -0.15) is 13.2 Å². The second-order valence-corrected chi connectivity index (χ2v) is 4.82. The number of aliphatic imine (C=N–C) groups is 1. The summed E-state index contributed by atoms with van der Waals surface area (Å²) in [5.74, 6) is 0.705. The van der Waals surface area contributed by atoms with Crippen LogP contribution in [0.2, 0.25) is 0 Å². The Balaban J connectivity index is 0. The van der Waals surface area contributed by atoms with E-state index in [1.807, 2.05) is 6.92 Å². The topological polar surface area (TPSA) is 36.4 Å². The van der Waals surface area contributed by atoms with Crippen molar-refractivity contribution >= 4 is 29.9 Å². The van der Waals surface area contributed by atoms with Crippen molar-refractivity contribution in [1.29, 1.82) is 0 Å². The van der Waals surface area contributed by atoms with Gasteiger partial charge in [-0.15, -0.1) is 24.0 Å². The summed E-state index contributed by atoms with van der Waals surface area (Å²) < 4.78 is 35.9. The Morgan fingerprint density at radius 3 is 2.24 bits per heavy atom. The molecule has 0 fully saturated rings. The molecule has 0 heterocycles. The maximum Gasteiger partial charge on any atom is 0.389 e. The molecule has 0 aliphatic carbocycles. The minimum atomic E-state index is -4.04. The van der Waals surface area contributed by atoms with E-state index in [0.29, 0.717) is 18.9 Å². The van der Waals surface area contributed by atoms with Crippen LogP contribution in [0.1, 0.15) is 58.8 Å². The van der Waals surface area contributed by atoms with Crippen LogP contribution in [-0.4, -0.2) is 31.8 Å². The van der Waals surface area contributed by atoms with Crippen LogP contribution in [0, 0.1) is 0 Å². The van der Waals surface area contributed by atoms with Crippen molar-refractivity contribution in [2.45, 2.75) is 65.0 Å². The van der Waals surface area contributed by atoms with E-state index in [-0.39, 0.29) is 30.4 Å². The van der Waals surface area contributed by atoms with Gasteiger partial charge in [0.1, 0.15) is 0 Å². The first-order chi connectivity index (χ1) is 9.49. The Labute approximate surface area is 143 Å². The predicted octanol–water partition coefficient (Wildman–Crippen LogP) is 4.47. The Hall–Kier alpha value is -0.210. The Morgan fingerprint density at radius 1 is 0.952 bits per heavy atom. The first kappa shape index (κ1) is 23.1. The Morgan fingerprint density at radius 2 is 1.67 bits per heavy atom. The molecular formula is C14H29F3IN3. The molecule has 0 unspecified atom stereocenters. The lowest BCUT2D eigenvalue weighted by Gasteiger charge is -2.11. The number of unbranched alkanes of at least 4 members (excludes halogenated alkanes) is 4. The van der Waals surface area contributed by atoms with Gasteiger partial charge in [-0.3, -0.25) is 4.99 Å². The number of halogens is 4. The average molecular weight is 423 g/mol. The molecule has 0 rings (SSSR count). The minimum absolute atomic E-state index is 0. The van der Waals surface area contributed by atoms with Crippen molar-refractivity contribution in [1.82, 2.24) is 10.6 Å². The summed E-state index contributed by atoms with van der Waals surface area (Å²) in [5.41, 5.74) is 0. The third-order valence-corrected chi connectivity index (χ3v) is 2.81. The molecule has 21 heavy (non-hydrogen) atoms. The molecule has 0 radical (unpaired) electrons. The fraction of sp³-hybridized carbons (Fsp3) is 0.929. The molecule has 0 amide bonds. The van der Waals surface area contributed by atoms with Crippen molar-refractivity contribution < 1.29 is 13.2 Å². The highest BCUT2D eigenvalue weighted by molar-refractivity contribution is 14.0. The molecule has 7 heteroatoms. The van der Waals surface area contributed by atoms with E-state index in [2.05, 4.69) is 22.5 Å². The summed E-state index contributed by atoms with van der Waals surface area (Å²) in [6.45, 7) is 6.17. The minimum Gasteiger partial charge on any atom is -0.357 e.